The Kier molecular flexibility index (Phi) is 6.12. The van der Waals surface area contributed by atoms with Gasteiger partial charge in [-0.1, -0.05) is 30.3 Å². The van der Waals surface area contributed by atoms with E-state index in [1.54, 1.807) is 12.0 Å². The van der Waals surface area contributed by atoms with Crippen LogP contribution in [0.1, 0.15) is 19.3 Å². The number of carbonyl (C=O) groups excluding carboxylic acids is 1. The quantitative estimate of drug-likeness (QED) is 0.866. The van der Waals surface area contributed by atoms with Crippen LogP contribution in [0, 0.1) is 0 Å². The normalized spacial score (nSPS) is 16.8. The van der Waals surface area contributed by atoms with Crippen LogP contribution in [0.4, 0.5) is 10.5 Å². The molecule has 1 heterocycles. The summed E-state index contributed by atoms with van der Waals surface area (Å²) in [6.45, 7) is 1.40. The molecule has 0 spiro atoms. The van der Waals surface area contributed by atoms with E-state index in [4.69, 9.17) is 9.47 Å². The molecule has 2 amide bonds. The van der Waals surface area contributed by atoms with Gasteiger partial charge in [0.1, 0.15) is 5.75 Å². The fourth-order valence-corrected chi connectivity index (χ4v) is 3.16. The van der Waals surface area contributed by atoms with Gasteiger partial charge in [-0.25, -0.2) is 4.79 Å². The van der Waals surface area contributed by atoms with Crippen LogP contribution in [-0.2, 0) is 4.74 Å². The number of benzene rings is 2. The third kappa shape index (κ3) is 4.55. The molecule has 1 atom stereocenters. The zero-order valence-corrected chi connectivity index (χ0v) is 15.4. The van der Waals surface area contributed by atoms with Crippen molar-refractivity contribution in [1.29, 1.82) is 0 Å². The van der Waals surface area contributed by atoms with Crippen LogP contribution in [0.3, 0.4) is 0 Å². The van der Waals surface area contributed by atoms with Crippen molar-refractivity contribution in [2.45, 2.75) is 25.4 Å². The molecule has 0 radical (unpaired) electrons. The largest absolute Gasteiger partial charge is 0.497 e. The molecule has 0 saturated carbocycles. The summed E-state index contributed by atoms with van der Waals surface area (Å²) < 4.78 is 10.9. The Morgan fingerprint density at radius 2 is 1.96 bits per heavy atom. The molecule has 0 bridgehead atoms. The summed E-state index contributed by atoms with van der Waals surface area (Å²) in [5, 5.41) is 3.03. The Morgan fingerprint density at radius 1 is 1.19 bits per heavy atom. The highest BCUT2D eigenvalue weighted by Gasteiger charge is 2.19. The van der Waals surface area contributed by atoms with Gasteiger partial charge in [0.2, 0.25) is 0 Å². The lowest BCUT2D eigenvalue weighted by Crippen LogP contribution is -2.39. The molecule has 1 aliphatic heterocycles. The second-order valence-corrected chi connectivity index (χ2v) is 6.57. The highest BCUT2D eigenvalue weighted by Crippen LogP contribution is 2.29. The number of methoxy groups -OCH3 is 1. The van der Waals surface area contributed by atoms with Crippen molar-refractivity contribution in [2.24, 2.45) is 0 Å². The van der Waals surface area contributed by atoms with Gasteiger partial charge in [0.25, 0.3) is 0 Å². The van der Waals surface area contributed by atoms with Gasteiger partial charge in [-0.15, -0.1) is 0 Å². The van der Waals surface area contributed by atoms with Crippen molar-refractivity contribution in [3.8, 4) is 16.9 Å². The molecule has 1 aliphatic rings. The second-order valence-electron chi connectivity index (χ2n) is 6.57. The molecule has 5 nitrogen and oxygen atoms in total. The van der Waals surface area contributed by atoms with Crippen molar-refractivity contribution in [2.75, 3.05) is 32.6 Å². The van der Waals surface area contributed by atoms with E-state index in [9.17, 15) is 4.79 Å². The third-order valence-electron chi connectivity index (χ3n) is 4.67. The molecule has 1 fully saturated rings. The van der Waals surface area contributed by atoms with E-state index in [0.29, 0.717) is 6.54 Å². The number of nitrogens with zero attached hydrogens (tertiary/aromatic N) is 1. The Bertz CT molecular complexity index is 724. The maximum absolute atomic E-state index is 12.6. The predicted molar refractivity (Wildman–Crippen MR) is 104 cm³/mol. The Morgan fingerprint density at radius 3 is 2.65 bits per heavy atom. The minimum Gasteiger partial charge on any atom is -0.497 e. The minimum absolute atomic E-state index is 0.125. The van der Waals surface area contributed by atoms with Gasteiger partial charge in [0.05, 0.1) is 18.9 Å². The third-order valence-corrected chi connectivity index (χ3v) is 4.67. The number of likely N-dealkylation sites (N-methyl/N-ethyl adjacent to an activating group) is 1. The smallest absolute Gasteiger partial charge is 0.321 e. The minimum atomic E-state index is -0.125. The molecule has 26 heavy (non-hydrogen) atoms. The van der Waals surface area contributed by atoms with Crippen molar-refractivity contribution in [1.82, 2.24) is 4.90 Å². The van der Waals surface area contributed by atoms with Crippen LogP contribution in [0.15, 0.2) is 48.5 Å². The summed E-state index contributed by atoms with van der Waals surface area (Å²) in [4.78, 5) is 14.3. The molecular formula is C21H26N2O3. The van der Waals surface area contributed by atoms with Gasteiger partial charge in [-0.05, 0) is 43.0 Å². The number of ether oxygens (including phenoxy) is 2. The summed E-state index contributed by atoms with van der Waals surface area (Å²) in [6.07, 6.45) is 3.43. The molecule has 3 rings (SSSR count). The SMILES string of the molecule is COc1ccc(-c2ccccc2NC(=O)N(C)CC2CCCCO2)cc1. The van der Waals surface area contributed by atoms with Crippen LogP contribution in [0.5, 0.6) is 5.75 Å². The summed E-state index contributed by atoms with van der Waals surface area (Å²) in [7, 11) is 3.46. The Balaban J connectivity index is 1.69. The standard InChI is InChI=1S/C21H26N2O3/c1-23(15-18-7-5-6-14-26-18)21(24)22-20-9-4-3-8-19(20)16-10-12-17(25-2)13-11-16/h3-4,8-13,18H,5-7,14-15H2,1-2H3,(H,22,24). The van der Waals surface area contributed by atoms with E-state index in [0.717, 1.165) is 42.0 Å². The van der Waals surface area contributed by atoms with Crippen molar-refractivity contribution < 1.29 is 14.3 Å². The molecule has 5 heteroatoms. The van der Waals surface area contributed by atoms with E-state index in [1.807, 2.05) is 55.6 Å². The highest BCUT2D eigenvalue weighted by atomic mass is 16.5. The first kappa shape index (κ1) is 18.3. The molecule has 1 unspecified atom stereocenters. The molecule has 1 N–H and O–H groups in total. The molecule has 0 aromatic heterocycles. The van der Waals surface area contributed by atoms with E-state index in [-0.39, 0.29) is 12.1 Å². The van der Waals surface area contributed by atoms with Gasteiger partial charge < -0.3 is 19.7 Å². The monoisotopic (exact) mass is 354 g/mol. The Labute approximate surface area is 154 Å². The molecule has 0 aliphatic carbocycles. The van der Waals surface area contributed by atoms with Crippen LogP contribution in [0.2, 0.25) is 0 Å². The average Bonchev–Trinajstić information content (AvgIpc) is 2.69. The van der Waals surface area contributed by atoms with Crippen molar-refractivity contribution in [3.05, 3.63) is 48.5 Å². The maximum Gasteiger partial charge on any atom is 0.321 e. The van der Waals surface area contributed by atoms with E-state index in [1.165, 1.54) is 6.42 Å². The zero-order chi connectivity index (χ0) is 18.4. The molecule has 2 aromatic rings. The summed E-state index contributed by atoms with van der Waals surface area (Å²) in [6, 6.07) is 15.5. The lowest BCUT2D eigenvalue weighted by atomic mass is 10.0. The Hall–Kier alpha value is -2.53. The average molecular weight is 354 g/mol. The summed E-state index contributed by atoms with van der Waals surface area (Å²) in [5.74, 6) is 0.808. The number of anilines is 1. The van der Waals surface area contributed by atoms with Crippen LogP contribution >= 0.6 is 0 Å². The molecule has 1 saturated heterocycles. The molecular weight excluding hydrogens is 328 g/mol. The van der Waals surface area contributed by atoms with E-state index in [2.05, 4.69) is 5.32 Å². The number of rotatable bonds is 5. The number of para-hydroxylation sites is 1. The number of nitrogens with one attached hydrogen (secondary N) is 1. The molecule has 2 aromatic carbocycles. The van der Waals surface area contributed by atoms with Gasteiger partial charge in [0.15, 0.2) is 0 Å². The highest BCUT2D eigenvalue weighted by molar-refractivity contribution is 5.94. The number of carbonyl (C=O) groups is 1. The number of hydrogen-bond donors (Lipinski definition) is 1. The number of amides is 2. The van der Waals surface area contributed by atoms with Crippen LogP contribution < -0.4 is 10.1 Å². The van der Waals surface area contributed by atoms with E-state index >= 15 is 0 Å². The van der Waals surface area contributed by atoms with Gasteiger partial charge in [-0.3, -0.25) is 0 Å². The fourth-order valence-electron chi connectivity index (χ4n) is 3.16. The first-order valence-corrected chi connectivity index (χ1v) is 9.04. The first-order valence-electron chi connectivity index (χ1n) is 9.04. The van der Waals surface area contributed by atoms with Crippen LogP contribution in [-0.4, -0.2) is 44.3 Å². The number of hydrogen-bond acceptors (Lipinski definition) is 3. The lowest BCUT2D eigenvalue weighted by molar-refractivity contribution is 0.00464. The topological polar surface area (TPSA) is 50.8 Å². The lowest BCUT2D eigenvalue weighted by Gasteiger charge is -2.27. The van der Waals surface area contributed by atoms with Crippen molar-refractivity contribution >= 4 is 11.7 Å². The predicted octanol–water partition coefficient (Wildman–Crippen LogP) is 4.40. The van der Waals surface area contributed by atoms with Gasteiger partial charge >= 0.3 is 6.03 Å². The van der Waals surface area contributed by atoms with E-state index < -0.39 is 0 Å². The van der Waals surface area contributed by atoms with Crippen molar-refractivity contribution in [3.63, 3.8) is 0 Å². The van der Waals surface area contributed by atoms with Gasteiger partial charge in [-0.2, -0.15) is 0 Å². The first-order chi connectivity index (χ1) is 12.7. The maximum atomic E-state index is 12.6. The van der Waals surface area contributed by atoms with Gasteiger partial charge in [0, 0.05) is 25.8 Å². The molecule has 138 valence electrons. The number of urea groups is 1. The fraction of sp³-hybridized carbons (Fsp3) is 0.381. The summed E-state index contributed by atoms with van der Waals surface area (Å²) in [5.41, 5.74) is 2.80. The van der Waals surface area contributed by atoms with Crippen LogP contribution in [0.25, 0.3) is 11.1 Å². The summed E-state index contributed by atoms with van der Waals surface area (Å²) >= 11 is 0. The zero-order valence-electron chi connectivity index (χ0n) is 15.4. The second kappa shape index (κ2) is 8.72.